The molecule has 0 spiro atoms. The topological polar surface area (TPSA) is 42.7 Å². The van der Waals surface area contributed by atoms with Crippen molar-refractivity contribution in [1.29, 1.82) is 0 Å². The molecule has 0 saturated heterocycles. The molecule has 3 heterocycles. The maximum absolute atomic E-state index is 7.11. The smallest absolute Gasteiger partial charge is 0.144 e. The average Bonchev–Trinajstić information content (AvgIpc) is 2.41. The normalized spacial score (nSPS) is 16.0. The lowest BCUT2D eigenvalue weighted by molar-refractivity contribution is 0.600. The molecule has 11 aromatic carbocycles. The fourth-order valence-corrected chi connectivity index (χ4v) is 16.3. The van der Waals surface area contributed by atoms with Gasteiger partial charge in [-0.25, -0.2) is 0 Å². The van der Waals surface area contributed by atoms with Crippen molar-refractivity contribution in [2.75, 3.05) is 4.90 Å². The Balaban J connectivity index is 0.846. The van der Waals surface area contributed by atoms with Crippen LogP contribution in [0.2, 0.25) is 0 Å². The second kappa shape index (κ2) is 15.3. The zero-order chi connectivity index (χ0) is 55.1. The number of fused-ring (bicyclic) bond motifs is 25. The van der Waals surface area contributed by atoms with E-state index in [4.69, 9.17) is 13.3 Å². The largest absolute Gasteiger partial charge is 0.456 e. The third kappa shape index (κ3) is 5.67. The Labute approximate surface area is 475 Å². The highest BCUT2D eigenvalue weighted by atomic mass is 16.3. The van der Waals surface area contributed by atoms with Gasteiger partial charge in [0.05, 0.1) is 0 Å². The van der Waals surface area contributed by atoms with Gasteiger partial charge in [0.15, 0.2) is 0 Å². The zero-order valence-corrected chi connectivity index (χ0v) is 47.2. The van der Waals surface area contributed by atoms with Gasteiger partial charge in [0.25, 0.3) is 0 Å². The molecule has 0 N–H and O–H groups in total. The molecule has 4 heteroatoms. The van der Waals surface area contributed by atoms with Crippen LogP contribution in [0.1, 0.15) is 99.9 Å². The second-order valence-electron chi connectivity index (χ2n) is 25.9. The van der Waals surface area contributed by atoms with Crippen LogP contribution in [0.5, 0.6) is 0 Å². The summed E-state index contributed by atoms with van der Waals surface area (Å²) in [6.07, 6.45) is 0. The molecule has 4 aliphatic rings. The van der Waals surface area contributed by atoms with Crippen LogP contribution in [-0.2, 0) is 21.7 Å². The van der Waals surface area contributed by atoms with Gasteiger partial charge in [-0.15, -0.1) is 0 Å². The van der Waals surface area contributed by atoms with Gasteiger partial charge in [0.2, 0.25) is 0 Å². The van der Waals surface area contributed by atoms with E-state index < -0.39 is 0 Å². The molecule has 3 aromatic heterocycles. The maximum Gasteiger partial charge on any atom is 0.144 e. The zero-order valence-electron chi connectivity index (χ0n) is 47.2. The second-order valence-corrected chi connectivity index (χ2v) is 25.9. The third-order valence-corrected chi connectivity index (χ3v) is 20.2. The summed E-state index contributed by atoms with van der Waals surface area (Å²) in [5.74, 6) is 0. The predicted molar refractivity (Wildman–Crippen MR) is 339 cm³/mol. The van der Waals surface area contributed by atoms with Crippen LogP contribution in [-0.4, -0.2) is 0 Å². The van der Waals surface area contributed by atoms with Crippen molar-refractivity contribution in [3.8, 4) is 55.6 Å². The number of hydrogen-bond donors (Lipinski definition) is 0. The van der Waals surface area contributed by atoms with E-state index in [-0.39, 0.29) is 21.7 Å². The van der Waals surface area contributed by atoms with Crippen LogP contribution in [0, 0.1) is 0 Å². The lowest BCUT2D eigenvalue weighted by Gasteiger charge is -2.32. The molecular weight excluding hydrogens is 999 g/mol. The lowest BCUT2D eigenvalue weighted by atomic mass is 9.72. The van der Waals surface area contributed by atoms with Crippen molar-refractivity contribution in [1.82, 2.24) is 0 Å². The number of benzene rings is 11. The fourth-order valence-electron chi connectivity index (χ4n) is 16.3. The van der Waals surface area contributed by atoms with E-state index in [9.17, 15) is 0 Å². The van der Waals surface area contributed by atoms with Crippen molar-refractivity contribution in [3.05, 3.63) is 245 Å². The standard InChI is InChI=1S/C78H57NO3/c1-75(2)56-24-14-9-19-46(56)47-33-29-42(37-58(47)75)55-41-61-66(68-53-22-12-17-27-63(53)81-73(55)68)51-35-31-43(38-59(51)76(61,3)4)79(45-30-34-49-48-20-11-16-26-62(48)80-65(49)40-45)44-32-36-52-60(39-44)78(7,8)72-70(52)74-69(54-23-13-18-28-64(54)82-74)67-50-21-10-15-25-57(50)77(5,6)71(67)72/h9-41H,1-8H3. The quantitative estimate of drug-likeness (QED) is 0.176. The number of hydrogen-bond acceptors (Lipinski definition) is 4. The molecule has 0 aliphatic heterocycles. The molecule has 0 bridgehead atoms. The van der Waals surface area contributed by atoms with Crippen LogP contribution in [0.3, 0.4) is 0 Å². The molecule has 0 amide bonds. The Bertz CT molecular complexity index is 5240. The molecular formula is C78H57NO3. The minimum absolute atomic E-state index is 0.137. The molecule has 4 nitrogen and oxygen atoms in total. The molecule has 14 aromatic rings. The van der Waals surface area contributed by atoms with Gasteiger partial charge in [-0.3, -0.25) is 0 Å². The Hall–Kier alpha value is -9.38. The van der Waals surface area contributed by atoms with E-state index in [0.717, 1.165) is 77.7 Å². The summed E-state index contributed by atoms with van der Waals surface area (Å²) in [5.41, 5.74) is 30.7. The van der Waals surface area contributed by atoms with E-state index in [0.29, 0.717) is 0 Å². The third-order valence-electron chi connectivity index (χ3n) is 20.2. The highest BCUT2D eigenvalue weighted by Crippen LogP contribution is 2.64. The van der Waals surface area contributed by atoms with Gasteiger partial charge in [-0.05, 0) is 156 Å². The summed E-state index contributed by atoms with van der Waals surface area (Å²) < 4.78 is 20.9. The first-order chi connectivity index (χ1) is 39.7. The highest BCUT2D eigenvalue weighted by Gasteiger charge is 2.49. The van der Waals surface area contributed by atoms with Crippen molar-refractivity contribution in [2.24, 2.45) is 0 Å². The van der Waals surface area contributed by atoms with Crippen LogP contribution in [0.4, 0.5) is 17.1 Å². The molecule has 0 radical (unpaired) electrons. The van der Waals surface area contributed by atoms with E-state index >= 15 is 0 Å². The molecule has 392 valence electrons. The van der Waals surface area contributed by atoms with E-state index in [1.807, 2.05) is 0 Å². The summed E-state index contributed by atoms with van der Waals surface area (Å²) in [5, 5.41) is 6.91. The monoisotopic (exact) mass is 1060 g/mol. The van der Waals surface area contributed by atoms with Crippen LogP contribution < -0.4 is 4.90 Å². The van der Waals surface area contributed by atoms with Crippen LogP contribution in [0.15, 0.2) is 213 Å². The van der Waals surface area contributed by atoms with Crippen molar-refractivity contribution in [3.63, 3.8) is 0 Å². The first-order valence-electron chi connectivity index (χ1n) is 29.1. The lowest BCUT2D eigenvalue weighted by Crippen LogP contribution is -2.24. The number of rotatable bonds is 4. The first-order valence-corrected chi connectivity index (χ1v) is 29.1. The maximum atomic E-state index is 7.11. The molecule has 0 saturated carbocycles. The predicted octanol–water partition coefficient (Wildman–Crippen LogP) is 21.7. The minimum atomic E-state index is -0.387. The van der Waals surface area contributed by atoms with Gasteiger partial charge >= 0.3 is 0 Å². The van der Waals surface area contributed by atoms with Crippen molar-refractivity contribution >= 4 is 82.9 Å². The highest BCUT2D eigenvalue weighted by molar-refractivity contribution is 6.22. The summed E-state index contributed by atoms with van der Waals surface area (Å²) >= 11 is 0. The Morgan fingerprint density at radius 3 is 1.44 bits per heavy atom. The average molecular weight is 1060 g/mol. The number of para-hydroxylation sites is 3. The molecule has 0 fully saturated rings. The van der Waals surface area contributed by atoms with E-state index in [1.165, 1.54) is 105 Å². The number of anilines is 3. The Morgan fingerprint density at radius 2 is 0.732 bits per heavy atom. The summed E-state index contributed by atoms with van der Waals surface area (Å²) in [6, 6.07) is 74.2. The Kier molecular flexibility index (Phi) is 8.67. The van der Waals surface area contributed by atoms with Crippen LogP contribution >= 0.6 is 0 Å². The fraction of sp³-hybridized carbons (Fsp3) is 0.154. The van der Waals surface area contributed by atoms with Crippen LogP contribution in [0.25, 0.3) is 121 Å². The van der Waals surface area contributed by atoms with Crippen molar-refractivity contribution in [2.45, 2.75) is 77.0 Å². The van der Waals surface area contributed by atoms with Crippen molar-refractivity contribution < 1.29 is 13.3 Å². The van der Waals surface area contributed by atoms with Gasteiger partial charge in [-0.2, -0.15) is 0 Å². The van der Waals surface area contributed by atoms with Gasteiger partial charge in [0, 0.05) is 88.2 Å². The van der Waals surface area contributed by atoms with Gasteiger partial charge in [0.1, 0.15) is 33.5 Å². The SMILES string of the molecule is CC1(C)c2ccccc2-c2ccc(-c3cc4c(c5c3oc3ccccc35)-c3ccc(N(c5ccc6c(c5)C(C)(C)c5c7c(c8c(oc9ccccc98)c5-6)-c5ccccc5C7(C)C)c5ccc6c(c5)oc5ccccc56)cc3C4(C)C)cc21. The Morgan fingerprint density at radius 1 is 0.280 bits per heavy atom. The van der Waals surface area contributed by atoms with Gasteiger partial charge < -0.3 is 18.2 Å². The van der Waals surface area contributed by atoms with E-state index in [2.05, 4.69) is 260 Å². The molecule has 4 aliphatic carbocycles. The first kappa shape index (κ1) is 46.4. The van der Waals surface area contributed by atoms with Gasteiger partial charge in [-0.1, -0.05) is 183 Å². The molecule has 82 heavy (non-hydrogen) atoms. The molecule has 0 atom stereocenters. The minimum Gasteiger partial charge on any atom is -0.456 e. The summed E-state index contributed by atoms with van der Waals surface area (Å²) in [4.78, 5) is 2.46. The number of furan rings is 3. The molecule has 18 rings (SSSR count). The van der Waals surface area contributed by atoms with E-state index in [1.54, 1.807) is 0 Å². The number of nitrogens with zero attached hydrogens (tertiary/aromatic N) is 1. The summed E-state index contributed by atoms with van der Waals surface area (Å²) in [7, 11) is 0. The molecule has 0 unspecified atom stereocenters. The summed E-state index contributed by atoms with van der Waals surface area (Å²) in [6.45, 7) is 19.3.